The molecule has 1 N–H and O–H groups in total. The highest BCUT2D eigenvalue weighted by Gasteiger charge is 2.25. The summed E-state index contributed by atoms with van der Waals surface area (Å²) in [7, 11) is 0. The van der Waals surface area contributed by atoms with Gasteiger partial charge in [0.25, 0.3) is 0 Å². The van der Waals surface area contributed by atoms with E-state index in [1.807, 2.05) is 33.8 Å². The lowest BCUT2D eigenvalue weighted by atomic mass is 10.0. The first-order chi connectivity index (χ1) is 10.7. The van der Waals surface area contributed by atoms with Crippen molar-refractivity contribution in [1.82, 2.24) is 15.3 Å². The van der Waals surface area contributed by atoms with E-state index in [0.29, 0.717) is 6.54 Å². The molecule has 1 aliphatic heterocycles. The van der Waals surface area contributed by atoms with Crippen LogP contribution >= 0.6 is 11.6 Å². The molecule has 128 valence electrons. The Balaban J connectivity index is 2.02. The molecule has 2 heterocycles. The lowest BCUT2D eigenvalue weighted by Gasteiger charge is -2.37. The summed E-state index contributed by atoms with van der Waals surface area (Å²) in [5.41, 5.74) is 0.345. The topological polar surface area (TPSA) is 67.4 Å². The van der Waals surface area contributed by atoms with E-state index < -0.39 is 5.60 Å². The van der Waals surface area contributed by atoms with Crippen LogP contribution < -0.4 is 10.2 Å². The molecule has 23 heavy (non-hydrogen) atoms. The second-order valence-corrected chi connectivity index (χ2v) is 7.20. The van der Waals surface area contributed by atoms with Gasteiger partial charge in [0.15, 0.2) is 0 Å². The molecule has 7 heteroatoms. The molecular weight excluding hydrogens is 316 g/mol. The van der Waals surface area contributed by atoms with Gasteiger partial charge < -0.3 is 15.0 Å². The van der Waals surface area contributed by atoms with Gasteiger partial charge in [0, 0.05) is 30.9 Å². The second kappa shape index (κ2) is 7.34. The third-order valence-electron chi connectivity index (χ3n) is 3.62. The molecule has 1 saturated heterocycles. The molecule has 0 radical (unpaired) electrons. The highest BCUT2D eigenvalue weighted by atomic mass is 35.5. The monoisotopic (exact) mass is 340 g/mol. The Bertz CT molecular complexity index is 539. The van der Waals surface area contributed by atoms with Crippen molar-refractivity contribution in [3.63, 3.8) is 0 Å². The van der Waals surface area contributed by atoms with Crippen molar-refractivity contribution in [3.05, 3.63) is 17.0 Å². The Morgan fingerprint density at radius 2 is 2.17 bits per heavy atom. The van der Waals surface area contributed by atoms with Gasteiger partial charge in [0.05, 0.1) is 0 Å². The number of aryl methyl sites for hydroxylation is 1. The summed E-state index contributed by atoms with van der Waals surface area (Å²) >= 11 is 5.98. The van der Waals surface area contributed by atoms with E-state index in [-0.39, 0.29) is 17.4 Å². The number of amides is 1. The summed E-state index contributed by atoms with van der Waals surface area (Å²) < 4.78 is 5.29. The van der Waals surface area contributed by atoms with Crippen molar-refractivity contribution in [2.45, 2.75) is 58.6 Å². The molecule has 0 unspecified atom stereocenters. The normalized spacial score (nSPS) is 18.7. The predicted octanol–water partition coefficient (Wildman–Crippen LogP) is 3.32. The van der Waals surface area contributed by atoms with Gasteiger partial charge in [-0.15, -0.1) is 0 Å². The molecule has 1 aromatic rings. The van der Waals surface area contributed by atoms with Crippen LogP contribution in [0.15, 0.2) is 6.07 Å². The molecule has 0 saturated carbocycles. The molecule has 0 spiro atoms. The number of halogens is 1. The van der Waals surface area contributed by atoms with Gasteiger partial charge in [-0.2, -0.15) is 0 Å². The molecule has 1 atom stereocenters. The predicted molar refractivity (Wildman–Crippen MR) is 91.0 cm³/mol. The molecule has 1 fully saturated rings. The van der Waals surface area contributed by atoms with E-state index in [1.165, 1.54) is 0 Å². The molecule has 1 aromatic heterocycles. The zero-order valence-electron chi connectivity index (χ0n) is 14.2. The number of aromatic nitrogens is 2. The highest BCUT2D eigenvalue weighted by molar-refractivity contribution is 6.28. The van der Waals surface area contributed by atoms with Crippen LogP contribution in [0.1, 0.15) is 45.7 Å². The summed E-state index contributed by atoms with van der Waals surface area (Å²) in [5.74, 6) is 0.818. The van der Waals surface area contributed by atoms with Gasteiger partial charge in [-0.1, -0.05) is 0 Å². The Kier molecular flexibility index (Phi) is 5.68. The minimum Gasteiger partial charge on any atom is -0.444 e. The molecule has 6 nitrogen and oxygen atoms in total. The van der Waals surface area contributed by atoms with Crippen molar-refractivity contribution < 1.29 is 9.53 Å². The number of rotatable bonds is 3. The fraction of sp³-hybridized carbons (Fsp3) is 0.688. The van der Waals surface area contributed by atoms with Crippen molar-refractivity contribution in [2.75, 3.05) is 18.0 Å². The van der Waals surface area contributed by atoms with E-state index in [9.17, 15) is 4.79 Å². The minimum absolute atomic E-state index is 0.182. The van der Waals surface area contributed by atoms with Crippen molar-refractivity contribution in [3.8, 4) is 0 Å². The summed E-state index contributed by atoms with van der Waals surface area (Å²) in [6.45, 7) is 8.87. The molecule has 1 aliphatic rings. The summed E-state index contributed by atoms with van der Waals surface area (Å²) in [5, 5.41) is 3.11. The first-order valence-electron chi connectivity index (χ1n) is 7.99. The third-order valence-corrected chi connectivity index (χ3v) is 3.78. The number of alkyl carbamates (subject to hydrolysis) is 1. The van der Waals surface area contributed by atoms with Crippen LogP contribution in [-0.2, 0) is 4.74 Å². The van der Waals surface area contributed by atoms with Crippen LogP contribution in [0.2, 0.25) is 5.28 Å². The Labute approximate surface area is 142 Å². The van der Waals surface area contributed by atoms with E-state index in [4.69, 9.17) is 16.3 Å². The number of ether oxygens (including phenoxy) is 1. The summed E-state index contributed by atoms with van der Waals surface area (Å²) in [4.78, 5) is 22.5. The average molecular weight is 341 g/mol. The first-order valence-corrected chi connectivity index (χ1v) is 8.37. The Morgan fingerprint density at radius 3 is 2.83 bits per heavy atom. The largest absolute Gasteiger partial charge is 0.444 e. The molecule has 1 amide bonds. The number of hydrogen-bond donors (Lipinski definition) is 1. The van der Waals surface area contributed by atoms with Crippen LogP contribution in [0.5, 0.6) is 0 Å². The molecule has 2 rings (SSSR count). The maximum Gasteiger partial charge on any atom is 0.407 e. The number of nitrogens with zero attached hydrogens (tertiary/aromatic N) is 3. The van der Waals surface area contributed by atoms with Gasteiger partial charge in [-0.3, -0.25) is 0 Å². The first kappa shape index (κ1) is 17.8. The van der Waals surface area contributed by atoms with Crippen LogP contribution in [0.4, 0.5) is 10.6 Å². The van der Waals surface area contributed by atoms with Crippen LogP contribution in [-0.4, -0.2) is 40.8 Å². The zero-order valence-corrected chi connectivity index (χ0v) is 15.0. The number of carbonyl (C=O) groups excluding carboxylic acids is 1. The van der Waals surface area contributed by atoms with E-state index in [0.717, 1.165) is 37.3 Å². The van der Waals surface area contributed by atoms with E-state index >= 15 is 0 Å². The van der Waals surface area contributed by atoms with Crippen LogP contribution in [0, 0.1) is 6.92 Å². The van der Waals surface area contributed by atoms with Gasteiger partial charge >= 0.3 is 6.09 Å². The molecule has 0 bridgehead atoms. The van der Waals surface area contributed by atoms with Crippen molar-refractivity contribution >= 4 is 23.5 Å². The number of anilines is 1. The van der Waals surface area contributed by atoms with Crippen LogP contribution in [0.3, 0.4) is 0 Å². The highest BCUT2D eigenvalue weighted by Crippen LogP contribution is 2.24. The quantitative estimate of drug-likeness (QED) is 0.855. The van der Waals surface area contributed by atoms with Crippen molar-refractivity contribution in [2.24, 2.45) is 0 Å². The smallest absolute Gasteiger partial charge is 0.407 e. The number of hydrogen-bond acceptors (Lipinski definition) is 5. The SMILES string of the molecule is Cc1cc(N2CCCC[C@H]2CNC(=O)OC(C)(C)C)nc(Cl)n1. The van der Waals surface area contributed by atoms with E-state index in [1.54, 1.807) is 0 Å². The average Bonchev–Trinajstić information content (AvgIpc) is 2.42. The van der Waals surface area contributed by atoms with Gasteiger partial charge in [-0.05, 0) is 58.6 Å². The minimum atomic E-state index is -0.492. The summed E-state index contributed by atoms with van der Waals surface area (Å²) in [6.07, 6.45) is 2.84. The van der Waals surface area contributed by atoms with Gasteiger partial charge in [0.2, 0.25) is 5.28 Å². The molecular formula is C16H25ClN4O2. The maximum absolute atomic E-state index is 11.9. The number of carbonyl (C=O) groups is 1. The van der Waals surface area contributed by atoms with Crippen molar-refractivity contribution in [1.29, 1.82) is 0 Å². The number of piperidine rings is 1. The molecule has 0 aliphatic carbocycles. The van der Waals surface area contributed by atoms with Gasteiger partial charge in [-0.25, -0.2) is 14.8 Å². The lowest BCUT2D eigenvalue weighted by molar-refractivity contribution is 0.0523. The Morgan fingerprint density at radius 1 is 1.43 bits per heavy atom. The zero-order chi connectivity index (χ0) is 17.0. The maximum atomic E-state index is 11.9. The fourth-order valence-corrected chi connectivity index (χ4v) is 2.91. The number of nitrogens with one attached hydrogen (secondary N) is 1. The van der Waals surface area contributed by atoms with Gasteiger partial charge in [0.1, 0.15) is 11.4 Å². The Hall–Kier alpha value is -1.56. The molecule has 0 aromatic carbocycles. The standard InChI is InChI=1S/C16H25ClN4O2/c1-11-9-13(20-14(17)19-11)21-8-6-5-7-12(21)10-18-15(22)23-16(2,3)4/h9,12H,5-8,10H2,1-4H3,(H,18,22)/t12-/m0/s1. The second-order valence-electron chi connectivity index (χ2n) is 6.86. The fourth-order valence-electron chi connectivity index (χ4n) is 2.69. The third kappa shape index (κ3) is 5.53. The van der Waals surface area contributed by atoms with E-state index in [2.05, 4.69) is 20.2 Å². The lowest BCUT2D eigenvalue weighted by Crippen LogP contribution is -2.48. The summed E-state index contributed by atoms with van der Waals surface area (Å²) in [6, 6.07) is 2.11. The van der Waals surface area contributed by atoms with Crippen LogP contribution in [0.25, 0.3) is 0 Å².